The summed E-state index contributed by atoms with van der Waals surface area (Å²) in [5, 5.41) is 2.76. The van der Waals surface area contributed by atoms with Crippen molar-refractivity contribution in [2.24, 2.45) is 0 Å². The number of benzene rings is 3. The van der Waals surface area contributed by atoms with Crippen molar-refractivity contribution in [1.82, 2.24) is 0 Å². The fraction of sp³-hybridized carbons (Fsp3) is 0.182. The SMILES string of the molecule is CCc1cc(C)ccc1-c1ccc2c(sc3ccccc32)c1C. The van der Waals surface area contributed by atoms with Gasteiger partial charge in [0.05, 0.1) is 0 Å². The fourth-order valence-corrected chi connectivity index (χ4v) is 4.70. The Kier molecular flexibility index (Phi) is 3.46. The third kappa shape index (κ3) is 2.27. The van der Waals surface area contributed by atoms with Crippen molar-refractivity contribution in [3.05, 3.63) is 71.3 Å². The van der Waals surface area contributed by atoms with E-state index in [1.807, 2.05) is 11.3 Å². The van der Waals surface area contributed by atoms with Gasteiger partial charge in [0.2, 0.25) is 0 Å². The van der Waals surface area contributed by atoms with Crippen molar-refractivity contribution >= 4 is 31.5 Å². The highest BCUT2D eigenvalue weighted by Gasteiger charge is 2.13. The zero-order chi connectivity index (χ0) is 16.0. The number of aryl methyl sites for hydroxylation is 3. The van der Waals surface area contributed by atoms with Crippen molar-refractivity contribution in [3.63, 3.8) is 0 Å². The molecule has 0 radical (unpaired) electrons. The Balaban J connectivity index is 2.02. The van der Waals surface area contributed by atoms with E-state index in [2.05, 4.69) is 75.4 Å². The molecule has 0 spiro atoms. The lowest BCUT2D eigenvalue weighted by Crippen LogP contribution is -1.91. The van der Waals surface area contributed by atoms with Crippen molar-refractivity contribution in [3.8, 4) is 11.1 Å². The molecule has 0 saturated heterocycles. The van der Waals surface area contributed by atoms with Crippen molar-refractivity contribution in [2.75, 3.05) is 0 Å². The smallest absolute Gasteiger partial charge is 0.0390 e. The first-order valence-corrected chi connectivity index (χ1v) is 9.01. The van der Waals surface area contributed by atoms with Crippen LogP contribution >= 0.6 is 11.3 Å². The highest BCUT2D eigenvalue weighted by Crippen LogP contribution is 2.40. The zero-order valence-corrected chi connectivity index (χ0v) is 14.6. The molecule has 0 nitrogen and oxygen atoms in total. The van der Waals surface area contributed by atoms with Gasteiger partial charge >= 0.3 is 0 Å². The van der Waals surface area contributed by atoms with Gasteiger partial charge in [-0.25, -0.2) is 0 Å². The van der Waals surface area contributed by atoms with Gasteiger partial charge in [0, 0.05) is 20.2 Å². The summed E-state index contributed by atoms with van der Waals surface area (Å²) in [6, 6.07) is 20.2. The Bertz CT molecular complexity index is 1020. The quantitative estimate of drug-likeness (QED) is 0.377. The van der Waals surface area contributed by atoms with Crippen LogP contribution in [0.15, 0.2) is 54.6 Å². The standard InChI is InChI=1S/C22H20S/c1-4-16-13-14(2)9-10-18(16)17-11-12-20-19-7-5-6-8-21(19)23-22(20)15(17)3/h5-13H,4H2,1-3H3. The molecule has 1 aromatic heterocycles. The van der Waals surface area contributed by atoms with Crippen LogP contribution in [0.3, 0.4) is 0 Å². The Morgan fingerprint density at radius 2 is 1.61 bits per heavy atom. The number of hydrogen-bond acceptors (Lipinski definition) is 1. The van der Waals surface area contributed by atoms with E-state index in [-0.39, 0.29) is 0 Å². The summed E-state index contributed by atoms with van der Waals surface area (Å²) in [6.45, 7) is 6.68. The first-order valence-electron chi connectivity index (χ1n) is 8.19. The van der Waals surface area contributed by atoms with Crippen LogP contribution in [0.1, 0.15) is 23.6 Å². The fourth-order valence-electron chi connectivity index (χ4n) is 3.49. The monoisotopic (exact) mass is 316 g/mol. The van der Waals surface area contributed by atoms with Crippen molar-refractivity contribution in [1.29, 1.82) is 0 Å². The summed E-state index contributed by atoms with van der Waals surface area (Å²) >= 11 is 1.91. The van der Waals surface area contributed by atoms with E-state index in [0.717, 1.165) is 6.42 Å². The molecule has 114 valence electrons. The van der Waals surface area contributed by atoms with Crippen LogP contribution in [0.5, 0.6) is 0 Å². The molecule has 4 aromatic rings. The largest absolute Gasteiger partial charge is 0.135 e. The average molecular weight is 316 g/mol. The van der Waals surface area contributed by atoms with E-state index in [4.69, 9.17) is 0 Å². The summed E-state index contributed by atoms with van der Waals surface area (Å²) in [6.07, 6.45) is 1.07. The third-order valence-corrected chi connectivity index (χ3v) is 6.03. The van der Waals surface area contributed by atoms with Crippen LogP contribution in [0.4, 0.5) is 0 Å². The van der Waals surface area contributed by atoms with E-state index in [0.29, 0.717) is 0 Å². The van der Waals surface area contributed by atoms with E-state index in [1.165, 1.54) is 48.0 Å². The molecule has 0 fully saturated rings. The van der Waals surface area contributed by atoms with E-state index in [9.17, 15) is 0 Å². The molecule has 3 aromatic carbocycles. The number of hydrogen-bond donors (Lipinski definition) is 0. The average Bonchev–Trinajstić information content (AvgIpc) is 2.95. The molecule has 0 unspecified atom stereocenters. The second-order valence-corrected chi connectivity index (χ2v) is 7.28. The predicted octanol–water partition coefficient (Wildman–Crippen LogP) is 6.90. The van der Waals surface area contributed by atoms with Crippen molar-refractivity contribution in [2.45, 2.75) is 27.2 Å². The van der Waals surface area contributed by atoms with Gasteiger partial charge in [-0.05, 0) is 48.6 Å². The second-order valence-electron chi connectivity index (χ2n) is 6.23. The maximum Gasteiger partial charge on any atom is 0.0390 e. The molecule has 4 rings (SSSR count). The Morgan fingerprint density at radius 1 is 0.826 bits per heavy atom. The predicted molar refractivity (Wildman–Crippen MR) is 104 cm³/mol. The van der Waals surface area contributed by atoms with Gasteiger partial charge in [0.25, 0.3) is 0 Å². The summed E-state index contributed by atoms with van der Waals surface area (Å²) < 4.78 is 2.80. The highest BCUT2D eigenvalue weighted by atomic mass is 32.1. The first-order chi connectivity index (χ1) is 11.2. The van der Waals surface area contributed by atoms with E-state index < -0.39 is 0 Å². The summed E-state index contributed by atoms with van der Waals surface area (Å²) in [5.74, 6) is 0. The molecule has 0 bridgehead atoms. The molecular formula is C22H20S. The topological polar surface area (TPSA) is 0 Å². The summed E-state index contributed by atoms with van der Waals surface area (Å²) in [4.78, 5) is 0. The number of rotatable bonds is 2. The lowest BCUT2D eigenvalue weighted by Gasteiger charge is -2.12. The van der Waals surface area contributed by atoms with Crippen LogP contribution in [-0.4, -0.2) is 0 Å². The number of fused-ring (bicyclic) bond motifs is 3. The lowest BCUT2D eigenvalue weighted by atomic mass is 9.92. The van der Waals surface area contributed by atoms with Crippen LogP contribution in [0, 0.1) is 13.8 Å². The summed E-state index contributed by atoms with van der Waals surface area (Å²) in [7, 11) is 0. The molecule has 0 saturated carbocycles. The first kappa shape index (κ1) is 14.5. The molecule has 0 N–H and O–H groups in total. The molecule has 1 heterocycles. The molecule has 0 aliphatic carbocycles. The Labute approximate surface area is 141 Å². The molecule has 1 heteroatoms. The summed E-state index contributed by atoms with van der Waals surface area (Å²) in [5.41, 5.74) is 6.94. The van der Waals surface area contributed by atoms with Gasteiger partial charge in [-0.15, -0.1) is 11.3 Å². The molecule has 0 aliphatic rings. The van der Waals surface area contributed by atoms with Gasteiger partial charge < -0.3 is 0 Å². The maximum atomic E-state index is 2.32. The zero-order valence-electron chi connectivity index (χ0n) is 13.8. The van der Waals surface area contributed by atoms with Crippen molar-refractivity contribution < 1.29 is 0 Å². The molecule has 0 aliphatic heterocycles. The molecule has 0 amide bonds. The minimum absolute atomic E-state index is 1.07. The molecule has 23 heavy (non-hydrogen) atoms. The second kappa shape index (κ2) is 5.50. The Hall–Kier alpha value is -2.12. The Morgan fingerprint density at radius 3 is 2.43 bits per heavy atom. The van der Waals surface area contributed by atoms with E-state index in [1.54, 1.807) is 0 Å². The van der Waals surface area contributed by atoms with Crippen LogP contribution in [-0.2, 0) is 6.42 Å². The molecule has 0 atom stereocenters. The van der Waals surface area contributed by atoms with Gasteiger partial charge in [-0.3, -0.25) is 0 Å². The van der Waals surface area contributed by atoms with Crippen LogP contribution < -0.4 is 0 Å². The van der Waals surface area contributed by atoms with Gasteiger partial charge in [-0.1, -0.05) is 61.0 Å². The van der Waals surface area contributed by atoms with E-state index >= 15 is 0 Å². The van der Waals surface area contributed by atoms with Gasteiger partial charge in [-0.2, -0.15) is 0 Å². The third-order valence-electron chi connectivity index (χ3n) is 4.73. The van der Waals surface area contributed by atoms with Crippen LogP contribution in [0.25, 0.3) is 31.3 Å². The minimum Gasteiger partial charge on any atom is -0.135 e. The highest BCUT2D eigenvalue weighted by molar-refractivity contribution is 7.26. The molecular weight excluding hydrogens is 296 g/mol. The minimum atomic E-state index is 1.07. The lowest BCUT2D eigenvalue weighted by molar-refractivity contribution is 1.13. The maximum absolute atomic E-state index is 2.32. The van der Waals surface area contributed by atoms with Gasteiger partial charge in [0.15, 0.2) is 0 Å². The van der Waals surface area contributed by atoms with Gasteiger partial charge in [0.1, 0.15) is 0 Å². The normalized spacial score (nSPS) is 11.4. The van der Waals surface area contributed by atoms with Crippen LogP contribution in [0.2, 0.25) is 0 Å². The number of thiophene rings is 1.